The Morgan fingerprint density at radius 3 is 1.73 bits per heavy atom. The number of carbonyl (C=O) groups excluding carboxylic acids is 1. The van der Waals surface area contributed by atoms with Gasteiger partial charge in [0, 0.05) is 31.7 Å². The van der Waals surface area contributed by atoms with Gasteiger partial charge in [-0.1, -0.05) is 42.5 Å². The van der Waals surface area contributed by atoms with Gasteiger partial charge in [-0.05, 0) is 95.8 Å². The van der Waals surface area contributed by atoms with Gasteiger partial charge in [0.1, 0.15) is 33.0 Å². The van der Waals surface area contributed by atoms with Crippen LogP contribution in [0.3, 0.4) is 0 Å². The smallest absolute Gasteiger partial charge is 0.489 e. The fourth-order valence-electron chi connectivity index (χ4n) is 6.41. The summed E-state index contributed by atoms with van der Waals surface area (Å²) in [5, 5.41) is 32.4. The molecule has 0 atom stereocenters. The second kappa shape index (κ2) is 17.4. The number of nitrogens with zero attached hydrogens (tertiary/aromatic N) is 6. The van der Waals surface area contributed by atoms with Crippen LogP contribution >= 0.6 is 0 Å². The van der Waals surface area contributed by atoms with Gasteiger partial charge in [-0.15, -0.1) is 5.10 Å². The fourth-order valence-corrected chi connectivity index (χ4v) is 10.5. The van der Waals surface area contributed by atoms with Crippen molar-refractivity contribution >= 4 is 38.5 Å². The number of likely N-dealkylation sites (tertiary alicyclic amines) is 1. The van der Waals surface area contributed by atoms with Crippen LogP contribution in [0.1, 0.15) is 37.5 Å². The van der Waals surface area contributed by atoms with Crippen molar-refractivity contribution in [3.05, 3.63) is 102 Å². The first kappa shape index (κ1) is 43.1. The molecule has 2 heterocycles. The lowest BCUT2D eigenvalue weighted by Gasteiger charge is -2.39. The van der Waals surface area contributed by atoms with E-state index in [0.717, 1.165) is 16.4 Å². The first-order chi connectivity index (χ1) is 27.9. The molecule has 4 aromatic carbocycles. The predicted molar refractivity (Wildman–Crippen MR) is 216 cm³/mol. The van der Waals surface area contributed by atoms with Crippen molar-refractivity contribution in [1.29, 1.82) is 0 Å². The van der Waals surface area contributed by atoms with Gasteiger partial charge in [-0.2, -0.15) is 4.31 Å². The van der Waals surface area contributed by atoms with Crippen molar-refractivity contribution in [2.24, 2.45) is 0 Å². The van der Waals surface area contributed by atoms with Gasteiger partial charge >= 0.3 is 13.2 Å². The summed E-state index contributed by atoms with van der Waals surface area (Å²) < 4.78 is 84.4. The standard InChI is InChI=1S/C39H45BN6O11S2/c1-39(2,3)57-38(47)44-24-32(25-44)58(50,51)34-20-19-33(40(48)49)35(37-41-42-43-46(37)23-28-11-17-31(56-6)18-12-28)36(34)59(52,53)45(21-26-7-13-29(54-4)14-8-26)22-27-9-15-30(55-5)16-10-27/h7-20,32,48-49H,21-25H2,1-6H3. The molecular weight excluding hydrogens is 803 g/mol. The van der Waals surface area contributed by atoms with E-state index in [1.165, 1.54) is 30.9 Å². The van der Waals surface area contributed by atoms with Gasteiger partial charge in [0.15, 0.2) is 15.7 Å². The molecule has 0 bridgehead atoms. The zero-order chi connectivity index (χ0) is 42.7. The molecule has 0 unspecified atom stereocenters. The number of ether oxygens (including phenoxy) is 4. The average molecular weight is 849 g/mol. The maximum atomic E-state index is 15.6. The van der Waals surface area contributed by atoms with E-state index in [9.17, 15) is 23.3 Å². The van der Waals surface area contributed by atoms with Gasteiger partial charge in [-0.25, -0.2) is 26.3 Å². The second-order valence-electron chi connectivity index (χ2n) is 14.8. The SMILES string of the molecule is COc1ccc(CN(Cc2ccc(OC)cc2)S(=O)(=O)c2c(S(=O)(=O)C3CN(C(=O)OC(C)(C)C)C3)ccc(B(O)O)c2-c2nnnn2Cc2ccc(OC)cc2)cc1. The van der Waals surface area contributed by atoms with E-state index < -0.39 is 59.3 Å². The summed E-state index contributed by atoms with van der Waals surface area (Å²) in [6, 6.07) is 22.4. The number of benzene rings is 4. The molecule has 0 radical (unpaired) electrons. The van der Waals surface area contributed by atoms with Crippen molar-refractivity contribution in [3.8, 4) is 28.6 Å². The molecule has 1 aromatic heterocycles. The van der Waals surface area contributed by atoms with Crippen molar-refractivity contribution in [2.45, 2.75) is 61.0 Å². The molecule has 17 nitrogen and oxygen atoms in total. The Kier molecular flexibility index (Phi) is 12.7. The summed E-state index contributed by atoms with van der Waals surface area (Å²) >= 11 is 0. The highest BCUT2D eigenvalue weighted by Gasteiger charge is 2.46. The number of rotatable bonds is 15. The number of amides is 1. The third-order valence-electron chi connectivity index (χ3n) is 9.56. The lowest BCUT2D eigenvalue weighted by atomic mass is 9.76. The maximum Gasteiger partial charge on any atom is 0.489 e. The third kappa shape index (κ3) is 9.52. The average Bonchev–Trinajstić information content (AvgIpc) is 3.64. The summed E-state index contributed by atoms with van der Waals surface area (Å²) in [4.78, 5) is 12.6. The molecule has 2 N–H and O–H groups in total. The largest absolute Gasteiger partial charge is 0.497 e. The summed E-state index contributed by atoms with van der Waals surface area (Å²) in [5.74, 6) is 1.39. The molecule has 1 saturated heterocycles. The number of sulfone groups is 1. The van der Waals surface area contributed by atoms with E-state index in [1.807, 2.05) is 0 Å². The van der Waals surface area contributed by atoms with E-state index in [-0.39, 0.29) is 44.0 Å². The number of methoxy groups -OCH3 is 3. The minimum absolute atomic E-state index is 0.0291. The molecule has 5 aromatic rings. The number of hydrogen-bond acceptors (Lipinski definition) is 14. The lowest BCUT2D eigenvalue weighted by Crippen LogP contribution is -2.58. The normalized spacial score (nSPS) is 13.5. The van der Waals surface area contributed by atoms with Crippen LogP contribution in [0, 0.1) is 0 Å². The first-order valence-electron chi connectivity index (χ1n) is 18.4. The van der Waals surface area contributed by atoms with Crippen LogP contribution in [-0.4, -0.2) is 115 Å². The van der Waals surface area contributed by atoms with Crippen molar-refractivity contribution < 1.29 is 50.6 Å². The summed E-state index contributed by atoms with van der Waals surface area (Å²) in [7, 11) is -7.37. The molecule has 1 aliphatic rings. The van der Waals surface area contributed by atoms with Crippen LogP contribution in [-0.2, 0) is 44.2 Å². The highest BCUT2D eigenvalue weighted by molar-refractivity contribution is 7.94. The quantitative estimate of drug-likeness (QED) is 0.145. The van der Waals surface area contributed by atoms with E-state index in [1.54, 1.807) is 93.6 Å². The van der Waals surface area contributed by atoms with Gasteiger partial charge in [0.25, 0.3) is 0 Å². The van der Waals surface area contributed by atoms with Gasteiger partial charge < -0.3 is 33.9 Å². The Morgan fingerprint density at radius 2 is 1.27 bits per heavy atom. The van der Waals surface area contributed by atoms with Crippen molar-refractivity contribution in [1.82, 2.24) is 29.4 Å². The van der Waals surface area contributed by atoms with Crippen molar-refractivity contribution in [2.75, 3.05) is 34.4 Å². The Hall–Kier alpha value is -5.54. The molecule has 0 spiro atoms. The number of aromatic nitrogens is 4. The summed E-state index contributed by atoms with van der Waals surface area (Å²) in [6.07, 6.45) is -0.723. The molecule has 1 aliphatic heterocycles. The molecule has 59 heavy (non-hydrogen) atoms. The van der Waals surface area contributed by atoms with Crippen LogP contribution in [0.25, 0.3) is 11.4 Å². The second-order valence-corrected chi connectivity index (χ2v) is 18.8. The highest BCUT2D eigenvalue weighted by atomic mass is 32.2. The molecule has 1 fully saturated rings. The summed E-state index contributed by atoms with van der Waals surface area (Å²) in [5.41, 5.74) is 0.0806. The van der Waals surface area contributed by atoms with Gasteiger partial charge in [0.2, 0.25) is 10.0 Å². The van der Waals surface area contributed by atoms with E-state index in [2.05, 4.69) is 15.5 Å². The minimum atomic E-state index is -4.99. The number of sulfonamides is 1. The first-order valence-corrected chi connectivity index (χ1v) is 21.3. The van der Waals surface area contributed by atoms with Crippen LogP contribution in [0.5, 0.6) is 17.2 Å². The lowest BCUT2D eigenvalue weighted by molar-refractivity contribution is 0.0139. The van der Waals surface area contributed by atoms with Crippen LogP contribution in [0.15, 0.2) is 94.7 Å². The highest BCUT2D eigenvalue weighted by Crippen LogP contribution is 2.38. The fraction of sp³-hybridized carbons (Fsp3) is 0.333. The molecule has 0 saturated carbocycles. The zero-order valence-corrected chi connectivity index (χ0v) is 35.0. The van der Waals surface area contributed by atoms with E-state index >= 15 is 8.42 Å². The summed E-state index contributed by atoms with van der Waals surface area (Å²) in [6.45, 7) is 3.94. The molecule has 20 heteroatoms. The van der Waals surface area contributed by atoms with E-state index in [0.29, 0.717) is 33.9 Å². The Morgan fingerprint density at radius 1 is 0.780 bits per heavy atom. The molecule has 1 amide bonds. The topological polar surface area (TPSA) is 213 Å². The van der Waals surface area contributed by atoms with Crippen LogP contribution < -0.4 is 19.7 Å². The van der Waals surface area contributed by atoms with Crippen molar-refractivity contribution in [3.63, 3.8) is 0 Å². The Labute approximate surface area is 343 Å². The molecule has 312 valence electrons. The number of carbonyl (C=O) groups is 1. The minimum Gasteiger partial charge on any atom is -0.497 e. The van der Waals surface area contributed by atoms with E-state index in [4.69, 9.17) is 18.9 Å². The van der Waals surface area contributed by atoms with Crippen LogP contribution in [0.4, 0.5) is 4.79 Å². The van der Waals surface area contributed by atoms with Crippen LogP contribution in [0.2, 0.25) is 0 Å². The Balaban J connectivity index is 1.56. The monoisotopic (exact) mass is 848 g/mol. The number of hydrogen-bond donors (Lipinski definition) is 2. The molecular formula is C39H45BN6O11S2. The third-order valence-corrected chi connectivity index (χ3v) is 13.7. The maximum absolute atomic E-state index is 15.6. The van der Waals surface area contributed by atoms with Gasteiger partial charge in [0.05, 0.1) is 32.8 Å². The van der Waals surface area contributed by atoms with Gasteiger partial charge in [-0.3, -0.25) is 0 Å². The molecule has 6 rings (SSSR count). The Bertz CT molecular complexity index is 2440. The number of tetrazole rings is 1. The predicted octanol–water partition coefficient (Wildman–Crippen LogP) is 2.88. The zero-order valence-electron chi connectivity index (χ0n) is 33.3. The molecule has 0 aliphatic carbocycles.